The lowest BCUT2D eigenvalue weighted by Gasteiger charge is -1.95. The van der Waals surface area contributed by atoms with Gasteiger partial charge in [-0.1, -0.05) is 12.1 Å². The molecule has 0 saturated carbocycles. The molecule has 0 unspecified atom stereocenters. The molecular formula is C11H9NO2. The van der Waals surface area contributed by atoms with Crippen molar-refractivity contribution in [2.24, 2.45) is 0 Å². The summed E-state index contributed by atoms with van der Waals surface area (Å²) >= 11 is 0. The Hall–Kier alpha value is -2.08. The summed E-state index contributed by atoms with van der Waals surface area (Å²) in [5.41, 5.74) is 1.67. The molecule has 70 valence electrons. The maximum Gasteiger partial charge on any atom is 0.335 e. The van der Waals surface area contributed by atoms with Gasteiger partial charge < -0.3 is 5.11 Å². The molecule has 0 radical (unpaired) electrons. The second kappa shape index (κ2) is 4.24. The molecule has 0 spiro atoms. The van der Waals surface area contributed by atoms with Crippen LogP contribution in [-0.4, -0.2) is 11.1 Å². The first-order chi connectivity index (χ1) is 6.63. The smallest absolute Gasteiger partial charge is 0.335 e. The van der Waals surface area contributed by atoms with Gasteiger partial charge in [0.15, 0.2) is 0 Å². The molecule has 3 heteroatoms. The molecule has 3 nitrogen and oxygen atoms in total. The fraction of sp³-hybridized carbons (Fsp3) is 0.0909. The van der Waals surface area contributed by atoms with Gasteiger partial charge >= 0.3 is 5.97 Å². The van der Waals surface area contributed by atoms with E-state index >= 15 is 0 Å². The molecule has 0 saturated heterocycles. The summed E-state index contributed by atoms with van der Waals surface area (Å²) in [6, 6.07) is 8.36. The monoisotopic (exact) mass is 187 g/mol. The molecule has 1 N–H and O–H groups in total. The number of rotatable bonds is 2. The van der Waals surface area contributed by atoms with Crippen LogP contribution in [0.15, 0.2) is 29.8 Å². The van der Waals surface area contributed by atoms with Gasteiger partial charge in [0.1, 0.15) is 0 Å². The third-order valence-corrected chi connectivity index (χ3v) is 1.72. The van der Waals surface area contributed by atoms with Gasteiger partial charge in [0.05, 0.1) is 11.6 Å². The van der Waals surface area contributed by atoms with Gasteiger partial charge in [-0.05, 0) is 30.7 Å². The van der Waals surface area contributed by atoms with Crippen molar-refractivity contribution in [3.05, 3.63) is 41.0 Å². The maximum absolute atomic E-state index is 10.5. The number of carboxylic acid groups (broad SMARTS) is 1. The Kier molecular flexibility index (Phi) is 3.03. The minimum Gasteiger partial charge on any atom is -0.478 e. The first-order valence-electron chi connectivity index (χ1n) is 4.05. The van der Waals surface area contributed by atoms with Gasteiger partial charge in [-0.3, -0.25) is 0 Å². The number of aromatic carboxylic acids is 1. The Morgan fingerprint density at radius 1 is 1.43 bits per heavy atom. The SMILES string of the molecule is CC(C#N)=Cc1ccc(C(=O)O)cc1. The molecule has 0 bridgehead atoms. The molecule has 14 heavy (non-hydrogen) atoms. The highest BCUT2D eigenvalue weighted by molar-refractivity contribution is 5.87. The van der Waals surface area contributed by atoms with Gasteiger partial charge in [0.2, 0.25) is 0 Å². The number of allylic oxidation sites excluding steroid dienone is 1. The van der Waals surface area contributed by atoms with E-state index in [1.165, 1.54) is 12.1 Å². The molecular weight excluding hydrogens is 178 g/mol. The average Bonchev–Trinajstić information content (AvgIpc) is 2.18. The third-order valence-electron chi connectivity index (χ3n) is 1.72. The number of carboxylic acids is 1. The van der Waals surface area contributed by atoms with Crippen molar-refractivity contribution in [2.75, 3.05) is 0 Å². The van der Waals surface area contributed by atoms with Crippen LogP contribution in [0, 0.1) is 11.3 Å². The minimum absolute atomic E-state index is 0.247. The van der Waals surface area contributed by atoms with Crippen LogP contribution in [0.5, 0.6) is 0 Å². The van der Waals surface area contributed by atoms with E-state index in [2.05, 4.69) is 0 Å². The number of hydrogen-bond acceptors (Lipinski definition) is 2. The fourth-order valence-corrected chi connectivity index (χ4v) is 1.00. The second-order valence-corrected chi connectivity index (χ2v) is 2.87. The van der Waals surface area contributed by atoms with E-state index in [-0.39, 0.29) is 5.56 Å². The molecule has 0 fully saturated rings. The van der Waals surface area contributed by atoms with E-state index in [4.69, 9.17) is 10.4 Å². The van der Waals surface area contributed by atoms with Crippen molar-refractivity contribution in [1.29, 1.82) is 5.26 Å². The molecule has 0 aliphatic carbocycles. The predicted molar refractivity (Wildman–Crippen MR) is 52.7 cm³/mol. The summed E-state index contributed by atoms with van der Waals surface area (Å²) in [5.74, 6) is -0.947. The maximum atomic E-state index is 10.5. The van der Waals surface area contributed by atoms with Crippen molar-refractivity contribution >= 4 is 12.0 Å². The van der Waals surface area contributed by atoms with Crippen LogP contribution in [0.25, 0.3) is 6.08 Å². The predicted octanol–water partition coefficient (Wildman–Crippen LogP) is 2.31. The lowest BCUT2D eigenvalue weighted by atomic mass is 10.1. The van der Waals surface area contributed by atoms with E-state index < -0.39 is 5.97 Å². The summed E-state index contributed by atoms with van der Waals surface area (Å²) in [7, 11) is 0. The van der Waals surface area contributed by atoms with Crippen LogP contribution in [0.2, 0.25) is 0 Å². The van der Waals surface area contributed by atoms with Gasteiger partial charge in [-0.25, -0.2) is 4.79 Å². The van der Waals surface area contributed by atoms with Crippen molar-refractivity contribution in [3.8, 4) is 6.07 Å². The molecule has 0 heterocycles. The summed E-state index contributed by atoms with van der Waals surface area (Å²) in [5, 5.41) is 17.2. The highest BCUT2D eigenvalue weighted by Gasteiger charge is 2.00. The molecule has 1 aromatic rings. The number of benzene rings is 1. The Balaban J connectivity index is 2.96. The number of carbonyl (C=O) groups is 1. The Morgan fingerprint density at radius 3 is 2.43 bits per heavy atom. The van der Waals surface area contributed by atoms with Crippen molar-refractivity contribution in [2.45, 2.75) is 6.92 Å². The van der Waals surface area contributed by atoms with Crippen LogP contribution in [0.3, 0.4) is 0 Å². The highest BCUT2D eigenvalue weighted by Crippen LogP contribution is 2.08. The van der Waals surface area contributed by atoms with Crippen molar-refractivity contribution in [3.63, 3.8) is 0 Å². The van der Waals surface area contributed by atoms with Crippen molar-refractivity contribution in [1.82, 2.24) is 0 Å². The second-order valence-electron chi connectivity index (χ2n) is 2.87. The first kappa shape index (κ1) is 10.0. The highest BCUT2D eigenvalue weighted by atomic mass is 16.4. The summed E-state index contributed by atoms with van der Waals surface area (Å²) in [4.78, 5) is 10.5. The van der Waals surface area contributed by atoms with Crippen LogP contribution < -0.4 is 0 Å². The zero-order valence-electron chi connectivity index (χ0n) is 7.69. The van der Waals surface area contributed by atoms with Gasteiger partial charge in [-0.15, -0.1) is 0 Å². The number of nitriles is 1. The molecule has 0 amide bonds. The Labute approximate surface area is 81.9 Å². The lowest BCUT2D eigenvalue weighted by molar-refractivity contribution is 0.0697. The summed E-state index contributed by atoms with van der Waals surface area (Å²) in [6.45, 7) is 1.70. The lowest BCUT2D eigenvalue weighted by Crippen LogP contribution is -1.94. The first-order valence-corrected chi connectivity index (χ1v) is 4.05. The standard InChI is InChI=1S/C11H9NO2/c1-8(7-12)6-9-2-4-10(5-3-9)11(13)14/h2-6H,1H3,(H,13,14). The number of nitrogens with zero attached hydrogens (tertiary/aromatic N) is 1. The number of hydrogen-bond donors (Lipinski definition) is 1. The fourth-order valence-electron chi connectivity index (χ4n) is 1.00. The van der Waals surface area contributed by atoms with Crippen LogP contribution in [0.1, 0.15) is 22.8 Å². The van der Waals surface area contributed by atoms with Crippen LogP contribution in [-0.2, 0) is 0 Å². The zero-order valence-corrected chi connectivity index (χ0v) is 7.69. The molecule has 0 aromatic heterocycles. The molecule has 1 aromatic carbocycles. The molecule has 0 aliphatic rings. The van der Waals surface area contributed by atoms with Crippen molar-refractivity contribution < 1.29 is 9.90 Å². The van der Waals surface area contributed by atoms with Crippen LogP contribution >= 0.6 is 0 Å². The quantitative estimate of drug-likeness (QED) is 0.722. The normalized spacial score (nSPS) is 10.7. The summed E-state index contributed by atoms with van der Waals surface area (Å²) in [6.07, 6.45) is 1.70. The molecule has 0 atom stereocenters. The zero-order chi connectivity index (χ0) is 10.6. The molecule has 0 aliphatic heterocycles. The van der Waals surface area contributed by atoms with Gasteiger partial charge in [0.25, 0.3) is 0 Å². The molecule has 1 rings (SSSR count). The topological polar surface area (TPSA) is 61.1 Å². The van der Waals surface area contributed by atoms with E-state index in [0.717, 1.165) is 5.56 Å². The summed E-state index contributed by atoms with van der Waals surface area (Å²) < 4.78 is 0. The van der Waals surface area contributed by atoms with Crippen LogP contribution in [0.4, 0.5) is 0 Å². The largest absolute Gasteiger partial charge is 0.478 e. The Bertz CT molecular complexity index is 410. The average molecular weight is 187 g/mol. The van der Waals surface area contributed by atoms with E-state index in [1.54, 1.807) is 25.1 Å². The third kappa shape index (κ3) is 2.46. The van der Waals surface area contributed by atoms with Gasteiger partial charge in [0, 0.05) is 5.57 Å². The van der Waals surface area contributed by atoms with E-state index in [1.807, 2.05) is 6.07 Å². The van der Waals surface area contributed by atoms with Gasteiger partial charge in [-0.2, -0.15) is 5.26 Å². The van der Waals surface area contributed by atoms with E-state index in [9.17, 15) is 4.79 Å². The Morgan fingerprint density at radius 2 is 2.00 bits per heavy atom. The minimum atomic E-state index is -0.947. The van der Waals surface area contributed by atoms with E-state index in [0.29, 0.717) is 5.57 Å².